The van der Waals surface area contributed by atoms with Crippen LogP contribution in [0.15, 0.2) is 36.0 Å². The van der Waals surface area contributed by atoms with Crippen molar-refractivity contribution in [2.45, 2.75) is 33.6 Å². The molecule has 0 aromatic carbocycles. The Bertz CT molecular complexity index is 284. The molecule has 0 heterocycles. The predicted molar refractivity (Wildman–Crippen MR) is 76.0 cm³/mol. The molecular weight excluding hydrogens is 330 g/mol. The number of rotatable bonds is 0. The molecule has 0 aromatic rings. The number of allylic oxidation sites excluding steroid dienone is 8. The van der Waals surface area contributed by atoms with Gasteiger partial charge in [-0.05, 0) is 5.41 Å². The minimum absolute atomic E-state index is 0. The van der Waals surface area contributed by atoms with Gasteiger partial charge >= 0.3 is 26.2 Å². The van der Waals surface area contributed by atoms with E-state index < -0.39 is 0 Å². The van der Waals surface area contributed by atoms with Gasteiger partial charge in [-0.3, -0.25) is 12.2 Å². The fourth-order valence-electron chi connectivity index (χ4n) is 1.26. The quantitative estimate of drug-likeness (QED) is 0.547. The first-order valence-electron chi connectivity index (χ1n) is 5.10. The van der Waals surface area contributed by atoms with E-state index in [0.29, 0.717) is 5.41 Å². The van der Waals surface area contributed by atoms with Crippen molar-refractivity contribution in [2.24, 2.45) is 5.41 Å². The molecule has 0 radical (unpaired) electrons. The van der Waals surface area contributed by atoms with Crippen LogP contribution in [0.3, 0.4) is 0 Å². The van der Waals surface area contributed by atoms with E-state index in [4.69, 9.17) is 0 Å². The monoisotopic (exact) mass is 348 g/mol. The Morgan fingerprint density at radius 3 is 1.88 bits per heavy atom. The summed E-state index contributed by atoms with van der Waals surface area (Å²) >= 11 is 0. The van der Waals surface area contributed by atoms with Crippen molar-refractivity contribution in [3.8, 4) is 0 Å². The smallest absolute Gasteiger partial charge is 0.273 e. The summed E-state index contributed by atoms with van der Waals surface area (Å²) in [6.07, 6.45) is 18.6. The van der Waals surface area contributed by atoms with Crippen molar-refractivity contribution in [2.75, 3.05) is 0 Å². The summed E-state index contributed by atoms with van der Waals surface area (Å²) in [7, 11) is 0. The minimum Gasteiger partial charge on any atom is -0.273 e. The Hall–Kier alpha value is 0.423. The van der Waals surface area contributed by atoms with Gasteiger partial charge in [0, 0.05) is 0 Å². The number of hydrogen-bond donors (Lipinski definition) is 0. The molecule has 0 unspecified atom stereocenters. The summed E-state index contributed by atoms with van der Waals surface area (Å²) in [5.74, 6) is 0. The molecule has 0 N–H and O–H groups in total. The van der Waals surface area contributed by atoms with Gasteiger partial charge in [-0.1, -0.05) is 20.8 Å². The van der Waals surface area contributed by atoms with Gasteiger partial charge in [0.2, 0.25) is 0 Å². The van der Waals surface area contributed by atoms with Gasteiger partial charge in [0.1, 0.15) is 0 Å². The first-order valence-corrected chi connectivity index (χ1v) is 5.10. The zero-order valence-electron chi connectivity index (χ0n) is 10.6. The van der Waals surface area contributed by atoms with E-state index in [1.807, 2.05) is 12.2 Å². The zero-order valence-corrected chi connectivity index (χ0v) is 14.7. The minimum atomic E-state index is 0. The largest absolute Gasteiger partial charge is 2.00 e. The van der Waals surface area contributed by atoms with Crippen molar-refractivity contribution < 1.29 is 26.2 Å². The van der Waals surface area contributed by atoms with Crippen molar-refractivity contribution in [1.82, 2.24) is 0 Å². The van der Waals surface area contributed by atoms with Crippen molar-refractivity contribution >= 4 is 24.8 Å². The molecule has 2 aliphatic rings. The maximum absolute atomic E-state index is 3.30. The fraction of sp³-hybridized carbons (Fsp3) is 0.429. The van der Waals surface area contributed by atoms with Crippen LogP contribution in [0.4, 0.5) is 0 Å². The Morgan fingerprint density at radius 1 is 1.06 bits per heavy atom. The molecule has 0 amide bonds. The zero-order chi connectivity index (χ0) is 10.4. The van der Waals surface area contributed by atoms with Crippen LogP contribution < -0.4 is 0 Å². The maximum atomic E-state index is 3.30. The van der Waals surface area contributed by atoms with Gasteiger partial charge in [0.05, 0.1) is 0 Å². The van der Waals surface area contributed by atoms with Crippen LogP contribution in [0.25, 0.3) is 0 Å². The third-order valence-electron chi connectivity index (χ3n) is 2.09. The van der Waals surface area contributed by atoms with E-state index in [0.717, 1.165) is 12.8 Å². The van der Waals surface area contributed by atoms with Crippen molar-refractivity contribution in [3.05, 3.63) is 48.1 Å². The van der Waals surface area contributed by atoms with Crippen molar-refractivity contribution in [3.63, 3.8) is 0 Å². The van der Waals surface area contributed by atoms with Crippen LogP contribution in [-0.2, 0) is 26.2 Å². The molecular formula is C14H20Cl2Zr. The molecule has 0 saturated carbocycles. The van der Waals surface area contributed by atoms with Gasteiger partial charge in [-0.25, -0.2) is 23.8 Å². The summed E-state index contributed by atoms with van der Waals surface area (Å²) in [5.41, 5.74) is 1.65. The molecule has 2 aliphatic carbocycles. The summed E-state index contributed by atoms with van der Waals surface area (Å²) in [6.45, 7) is 6.64. The predicted octanol–water partition coefficient (Wildman–Crippen LogP) is 4.87. The van der Waals surface area contributed by atoms with Gasteiger partial charge in [-0.15, -0.1) is 37.7 Å². The third kappa shape index (κ3) is 10.1. The second-order valence-electron chi connectivity index (χ2n) is 4.45. The summed E-state index contributed by atoms with van der Waals surface area (Å²) in [4.78, 5) is 0. The van der Waals surface area contributed by atoms with Crippen molar-refractivity contribution in [1.29, 1.82) is 0 Å². The van der Waals surface area contributed by atoms with Crippen LogP contribution in [0.2, 0.25) is 0 Å². The van der Waals surface area contributed by atoms with E-state index in [-0.39, 0.29) is 51.0 Å². The molecule has 0 aromatic heterocycles. The number of halogens is 2. The molecule has 0 bridgehead atoms. The Kier molecular flexibility index (Phi) is 15.3. The molecule has 0 atom stereocenters. The van der Waals surface area contributed by atoms with Gasteiger partial charge in [0.25, 0.3) is 0 Å². The Labute approximate surface area is 137 Å². The molecule has 0 saturated heterocycles. The van der Waals surface area contributed by atoms with Gasteiger partial charge in [0.15, 0.2) is 0 Å². The maximum Gasteiger partial charge on any atom is 2.00 e. The average Bonchev–Trinajstić information content (AvgIpc) is 2.80. The average molecular weight is 350 g/mol. The molecule has 0 aliphatic heterocycles. The summed E-state index contributed by atoms with van der Waals surface area (Å²) in [5, 5.41) is 0. The standard InChI is InChI=1S/C9H13.C5H5.2ClH.Zr/c1-9(2,3)8-6-4-5-7-8;1-2-4-5-3-1;;;/h4,6H,5H2,1-3H3;1-3H,4H2;2*1H;/q2*-1;;;+2. The SMILES string of the molecule is CC(C)(C)C1=[C-]CC=C1.Cl.Cl.[C-]1=CC=CC1.[Zr+2]. The van der Waals surface area contributed by atoms with Crippen LogP contribution >= 0.6 is 24.8 Å². The normalized spacial score (nSPS) is 14.9. The van der Waals surface area contributed by atoms with E-state index in [1.54, 1.807) is 0 Å². The van der Waals surface area contributed by atoms with E-state index >= 15 is 0 Å². The topological polar surface area (TPSA) is 0 Å². The van der Waals surface area contributed by atoms with Crippen LogP contribution in [0.5, 0.6) is 0 Å². The second kappa shape index (κ2) is 11.5. The van der Waals surface area contributed by atoms with Crippen LogP contribution in [0, 0.1) is 17.6 Å². The number of hydrogen-bond acceptors (Lipinski definition) is 0. The molecule has 2 rings (SSSR count). The second-order valence-corrected chi connectivity index (χ2v) is 4.45. The Balaban J connectivity index is -0.000000216. The third-order valence-corrected chi connectivity index (χ3v) is 2.09. The Morgan fingerprint density at radius 2 is 1.71 bits per heavy atom. The summed E-state index contributed by atoms with van der Waals surface area (Å²) in [6, 6.07) is 0. The van der Waals surface area contributed by atoms with E-state index in [1.165, 1.54) is 5.57 Å². The van der Waals surface area contributed by atoms with Gasteiger partial charge in [-0.2, -0.15) is 12.2 Å². The molecule has 3 heteroatoms. The van der Waals surface area contributed by atoms with Crippen LogP contribution in [-0.4, -0.2) is 0 Å². The molecule has 17 heavy (non-hydrogen) atoms. The fourth-order valence-corrected chi connectivity index (χ4v) is 1.26. The van der Waals surface area contributed by atoms with Gasteiger partial charge < -0.3 is 0 Å². The first-order chi connectivity index (χ1) is 6.61. The van der Waals surface area contributed by atoms with E-state index in [2.05, 4.69) is 51.2 Å². The van der Waals surface area contributed by atoms with E-state index in [9.17, 15) is 0 Å². The van der Waals surface area contributed by atoms with Crippen LogP contribution in [0.1, 0.15) is 33.6 Å². The molecule has 0 fully saturated rings. The molecule has 0 spiro atoms. The first kappa shape index (κ1) is 22.6. The summed E-state index contributed by atoms with van der Waals surface area (Å²) < 4.78 is 0. The molecule has 94 valence electrons. The molecule has 0 nitrogen and oxygen atoms in total.